The molecule has 0 saturated carbocycles. The molecular formula is C13H16N4O4. The number of anilines is 1. The molecule has 112 valence electrons. The summed E-state index contributed by atoms with van der Waals surface area (Å²) in [6.45, 7) is 5.42. The van der Waals surface area contributed by atoms with Crippen LogP contribution in [0.1, 0.15) is 32.3 Å². The lowest BCUT2D eigenvalue weighted by Crippen LogP contribution is -2.48. The van der Waals surface area contributed by atoms with Crippen molar-refractivity contribution in [3.63, 3.8) is 0 Å². The van der Waals surface area contributed by atoms with Crippen molar-refractivity contribution < 1.29 is 19.3 Å². The Morgan fingerprint density at radius 1 is 1.48 bits per heavy atom. The zero-order valence-corrected chi connectivity index (χ0v) is 11.9. The van der Waals surface area contributed by atoms with Crippen LogP contribution in [0.15, 0.2) is 10.7 Å². The Morgan fingerprint density at radius 3 is 2.86 bits per heavy atom. The zero-order chi connectivity index (χ0) is 15.4. The predicted octanol–water partition coefficient (Wildman–Crippen LogP) is 1.35. The van der Waals surface area contributed by atoms with E-state index in [4.69, 9.17) is 15.1 Å². The Bertz CT molecular complexity index is 724. The molecule has 1 aromatic carbocycles. The van der Waals surface area contributed by atoms with Crippen molar-refractivity contribution in [1.82, 2.24) is 10.3 Å². The molecular weight excluding hydrogens is 276 g/mol. The number of nitrogens with one attached hydrogen (secondary N) is 1. The summed E-state index contributed by atoms with van der Waals surface area (Å²) in [7, 11) is 0. The summed E-state index contributed by atoms with van der Waals surface area (Å²) in [4.78, 5) is 11.3. The molecule has 8 heteroatoms. The van der Waals surface area contributed by atoms with E-state index in [9.17, 15) is 9.90 Å². The number of aliphatic hydroxyl groups excluding tert-OH is 1. The van der Waals surface area contributed by atoms with E-state index in [0.717, 1.165) is 0 Å². The van der Waals surface area contributed by atoms with Gasteiger partial charge in [0, 0.05) is 11.5 Å². The molecule has 0 fully saturated rings. The number of aliphatic hydroxyl groups is 1. The monoisotopic (exact) mass is 292 g/mol. The highest BCUT2D eigenvalue weighted by Crippen LogP contribution is 2.47. The lowest BCUT2D eigenvalue weighted by molar-refractivity contribution is -0.0543. The number of carbonyl (C=O) groups is 1. The van der Waals surface area contributed by atoms with Crippen molar-refractivity contribution in [3.05, 3.63) is 11.6 Å². The average molecular weight is 292 g/mol. The van der Waals surface area contributed by atoms with Gasteiger partial charge in [-0.3, -0.25) is 0 Å². The summed E-state index contributed by atoms with van der Waals surface area (Å²) < 4.78 is 10.6. The summed E-state index contributed by atoms with van der Waals surface area (Å²) in [6.07, 6.45) is -0.705. The third-order valence-corrected chi connectivity index (χ3v) is 3.82. The molecule has 1 aromatic heterocycles. The molecule has 21 heavy (non-hydrogen) atoms. The number of fused-ring (bicyclic) bond motifs is 2. The maximum absolute atomic E-state index is 11.3. The number of nitrogens with two attached hydrogens (primary N) is 1. The fourth-order valence-electron chi connectivity index (χ4n) is 2.71. The van der Waals surface area contributed by atoms with Gasteiger partial charge >= 0.3 is 6.03 Å². The number of amides is 2. The number of urea groups is 1. The van der Waals surface area contributed by atoms with E-state index in [2.05, 4.69) is 15.6 Å². The smallest absolute Gasteiger partial charge is 0.316 e. The SMILES string of the molecule is CC1c2cc3nonc3c(NC(N)=O)c2OC(C)(C)C1O. The van der Waals surface area contributed by atoms with Gasteiger partial charge in [-0.1, -0.05) is 6.92 Å². The van der Waals surface area contributed by atoms with E-state index in [0.29, 0.717) is 28.0 Å². The number of aromatic nitrogens is 2. The highest BCUT2D eigenvalue weighted by Gasteiger charge is 2.42. The number of primary amides is 1. The molecule has 2 atom stereocenters. The van der Waals surface area contributed by atoms with Crippen LogP contribution in [0.25, 0.3) is 11.0 Å². The Kier molecular flexibility index (Phi) is 2.80. The summed E-state index contributed by atoms with van der Waals surface area (Å²) in [6, 6.07) is 0.990. The van der Waals surface area contributed by atoms with Crippen molar-refractivity contribution >= 4 is 22.8 Å². The molecule has 0 spiro atoms. The highest BCUT2D eigenvalue weighted by atomic mass is 16.6. The van der Waals surface area contributed by atoms with Crippen LogP contribution in [0.5, 0.6) is 5.75 Å². The molecule has 2 amide bonds. The van der Waals surface area contributed by atoms with Gasteiger partial charge in [-0.05, 0) is 30.2 Å². The molecule has 1 aliphatic heterocycles. The number of carbonyl (C=O) groups excluding carboxylic acids is 1. The van der Waals surface area contributed by atoms with Gasteiger partial charge in [0.1, 0.15) is 22.6 Å². The molecule has 0 radical (unpaired) electrons. The van der Waals surface area contributed by atoms with Crippen LogP contribution < -0.4 is 15.8 Å². The summed E-state index contributed by atoms with van der Waals surface area (Å²) in [5, 5.41) is 20.4. The van der Waals surface area contributed by atoms with Crippen LogP contribution in [0.4, 0.5) is 10.5 Å². The van der Waals surface area contributed by atoms with Crippen LogP contribution >= 0.6 is 0 Å². The summed E-state index contributed by atoms with van der Waals surface area (Å²) in [5.74, 6) is 0.220. The predicted molar refractivity (Wildman–Crippen MR) is 74.1 cm³/mol. The zero-order valence-electron chi connectivity index (χ0n) is 11.9. The van der Waals surface area contributed by atoms with Crippen LogP contribution in [0.2, 0.25) is 0 Å². The van der Waals surface area contributed by atoms with E-state index in [1.165, 1.54) is 0 Å². The molecule has 1 aliphatic rings. The maximum atomic E-state index is 11.3. The third kappa shape index (κ3) is 1.99. The molecule has 2 unspecified atom stereocenters. The lowest BCUT2D eigenvalue weighted by atomic mass is 9.82. The van der Waals surface area contributed by atoms with Gasteiger partial charge in [-0.25, -0.2) is 9.42 Å². The van der Waals surface area contributed by atoms with E-state index >= 15 is 0 Å². The number of ether oxygens (including phenoxy) is 1. The fourth-order valence-corrected chi connectivity index (χ4v) is 2.71. The van der Waals surface area contributed by atoms with E-state index in [1.807, 2.05) is 6.92 Å². The number of hydrogen-bond donors (Lipinski definition) is 3. The second kappa shape index (κ2) is 4.32. The Morgan fingerprint density at radius 2 is 2.19 bits per heavy atom. The van der Waals surface area contributed by atoms with Crippen molar-refractivity contribution in [2.45, 2.75) is 38.4 Å². The normalized spacial score (nSPS) is 23.4. The minimum atomic E-state index is -0.814. The lowest BCUT2D eigenvalue weighted by Gasteiger charge is -2.41. The molecule has 0 saturated heterocycles. The van der Waals surface area contributed by atoms with Gasteiger partial charge in [-0.15, -0.1) is 0 Å². The quantitative estimate of drug-likeness (QED) is 0.728. The van der Waals surface area contributed by atoms with Crippen molar-refractivity contribution in [2.75, 3.05) is 5.32 Å². The number of benzene rings is 1. The first-order valence-electron chi connectivity index (χ1n) is 6.54. The third-order valence-electron chi connectivity index (χ3n) is 3.82. The Labute approximate surface area is 120 Å². The van der Waals surface area contributed by atoms with Gasteiger partial charge in [0.05, 0.1) is 6.10 Å². The molecule has 2 heterocycles. The topological polar surface area (TPSA) is 124 Å². The molecule has 0 bridgehead atoms. The Balaban J connectivity index is 2.29. The van der Waals surface area contributed by atoms with E-state index in [1.54, 1.807) is 19.9 Å². The maximum Gasteiger partial charge on any atom is 0.316 e. The summed E-state index contributed by atoms with van der Waals surface area (Å²) in [5.41, 5.74) is 6.24. The van der Waals surface area contributed by atoms with Gasteiger partial charge in [0.2, 0.25) is 0 Å². The highest BCUT2D eigenvalue weighted by molar-refractivity contribution is 6.01. The van der Waals surface area contributed by atoms with E-state index < -0.39 is 17.7 Å². The van der Waals surface area contributed by atoms with Gasteiger partial charge in [0.15, 0.2) is 5.52 Å². The first-order valence-corrected chi connectivity index (χ1v) is 6.54. The first kappa shape index (κ1) is 13.6. The van der Waals surface area contributed by atoms with Crippen molar-refractivity contribution in [3.8, 4) is 5.75 Å². The van der Waals surface area contributed by atoms with Gasteiger partial charge in [0.25, 0.3) is 0 Å². The van der Waals surface area contributed by atoms with E-state index in [-0.39, 0.29) is 5.92 Å². The minimum Gasteiger partial charge on any atom is -0.483 e. The first-order chi connectivity index (χ1) is 9.81. The van der Waals surface area contributed by atoms with Crippen LogP contribution in [-0.4, -0.2) is 33.2 Å². The summed E-state index contributed by atoms with van der Waals surface area (Å²) >= 11 is 0. The van der Waals surface area contributed by atoms with Crippen LogP contribution in [0, 0.1) is 0 Å². The fraction of sp³-hybridized carbons (Fsp3) is 0.462. The van der Waals surface area contributed by atoms with Crippen molar-refractivity contribution in [2.24, 2.45) is 5.73 Å². The number of hydrogen-bond acceptors (Lipinski definition) is 6. The standard InChI is InChI=1S/C13H16N4O4/c1-5-6-4-7-8(17-21-16-7)9(15-12(14)19)10(6)20-13(2,3)11(5)18/h4-5,11,18H,1-3H3,(H3,14,15,19). The van der Waals surface area contributed by atoms with Crippen LogP contribution in [0.3, 0.4) is 0 Å². The second-order valence-corrected chi connectivity index (χ2v) is 5.73. The molecule has 0 aliphatic carbocycles. The molecule has 8 nitrogen and oxygen atoms in total. The second-order valence-electron chi connectivity index (χ2n) is 5.73. The minimum absolute atomic E-state index is 0.210. The van der Waals surface area contributed by atoms with Crippen LogP contribution in [-0.2, 0) is 0 Å². The molecule has 4 N–H and O–H groups in total. The molecule has 3 rings (SSSR count). The largest absolute Gasteiger partial charge is 0.483 e. The van der Waals surface area contributed by atoms with Gasteiger partial charge in [-0.2, -0.15) is 0 Å². The molecule has 2 aromatic rings. The Hall–Kier alpha value is -2.35. The van der Waals surface area contributed by atoms with Crippen molar-refractivity contribution in [1.29, 1.82) is 0 Å². The number of nitrogens with zero attached hydrogens (tertiary/aromatic N) is 2. The van der Waals surface area contributed by atoms with Gasteiger partial charge < -0.3 is 20.9 Å². The number of rotatable bonds is 1. The average Bonchev–Trinajstić information content (AvgIpc) is 2.85.